The predicted molar refractivity (Wildman–Crippen MR) is 61.2 cm³/mol. The van der Waals surface area contributed by atoms with Crippen LogP contribution in [0.4, 0.5) is 5.69 Å². The number of carboxylic acid groups (broad SMARTS) is 1. The Morgan fingerprint density at radius 1 is 1.56 bits per heavy atom. The van der Waals surface area contributed by atoms with Gasteiger partial charge < -0.3 is 10.0 Å². The maximum atomic E-state index is 11.5. The van der Waals surface area contributed by atoms with Gasteiger partial charge in [-0.1, -0.05) is 0 Å². The van der Waals surface area contributed by atoms with E-state index in [1.807, 2.05) is 0 Å². The minimum absolute atomic E-state index is 0.0353. The molecule has 18 heavy (non-hydrogen) atoms. The molecule has 1 aliphatic rings. The van der Waals surface area contributed by atoms with Crippen molar-refractivity contribution in [2.45, 2.75) is 13.0 Å². The van der Waals surface area contributed by atoms with Crippen LogP contribution in [0.1, 0.15) is 17.3 Å². The third-order valence-corrected chi connectivity index (χ3v) is 2.76. The normalized spacial score (nSPS) is 19.6. The maximum absolute atomic E-state index is 11.5. The number of nitrogens with zero attached hydrogens (tertiary/aromatic N) is 2. The van der Waals surface area contributed by atoms with E-state index in [0.29, 0.717) is 5.69 Å². The van der Waals surface area contributed by atoms with E-state index in [9.17, 15) is 14.4 Å². The van der Waals surface area contributed by atoms with E-state index in [-0.39, 0.29) is 12.1 Å². The highest BCUT2D eigenvalue weighted by atomic mass is 16.4. The van der Waals surface area contributed by atoms with Gasteiger partial charge in [-0.2, -0.15) is 0 Å². The molecule has 2 amide bonds. The van der Waals surface area contributed by atoms with E-state index in [4.69, 9.17) is 5.11 Å². The topological polar surface area (TPSA) is 99.6 Å². The molecule has 1 unspecified atom stereocenters. The number of carbonyl (C=O) groups excluding carboxylic acids is 2. The fraction of sp³-hybridized carbons (Fsp3) is 0.273. The molecule has 0 aliphatic carbocycles. The van der Waals surface area contributed by atoms with E-state index in [1.54, 1.807) is 6.92 Å². The van der Waals surface area contributed by atoms with Crippen LogP contribution in [-0.2, 0) is 9.59 Å². The number of piperazine rings is 1. The predicted octanol–water partition coefficient (Wildman–Crippen LogP) is -0.369. The van der Waals surface area contributed by atoms with Gasteiger partial charge in [0.05, 0.1) is 12.2 Å². The Labute approximate surface area is 102 Å². The van der Waals surface area contributed by atoms with Gasteiger partial charge >= 0.3 is 5.97 Å². The van der Waals surface area contributed by atoms with Gasteiger partial charge in [0.25, 0.3) is 0 Å². The van der Waals surface area contributed by atoms with Crippen LogP contribution in [-0.4, -0.2) is 40.5 Å². The Balaban J connectivity index is 2.44. The number of amides is 2. The Morgan fingerprint density at radius 2 is 2.28 bits per heavy atom. The Hall–Kier alpha value is -2.44. The van der Waals surface area contributed by atoms with Gasteiger partial charge in [-0.3, -0.25) is 19.9 Å². The van der Waals surface area contributed by atoms with Crippen LogP contribution in [0.2, 0.25) is 0 Å². The van der Waals surface area contributed by atoms with Gasteiger partial charge in [0, 0.05) is 12.4 Å². The molecule has 1 aromatic rings. The molecule has 7 heteroatoms. The standard InChI is InChI=1S/C11H11N3O4/c1-6-10(16)13-9(15)5-14(6)8-2-3-12-4-7(8)11(17)18/h2-4,6H,5H2,1H3,(H,17,18)(H,13,15,16). The van der Waals surface area contributed by atoms with Crippen LogP contribution in [0.15, 0.2) is 18.5 Å². The molecule has 0 bridgehead atoms. The summed E-state index contributed by atoms with van der Waals surface area (Å²) < 4.78 is 0. The molecule has 0 radical (unpaired) electrons. The second-order valence-electron chi connectivity index (χ2n) is 3.91. The summed E-state index contributed by atoms with van der Waals surface area (Å²) >= 11 is 0. The highest BCUT2D eigenvalue weighted by molar-refractivity contribution is 6.06. The number of nitrogens with one attached hydrogen (secondary N) is 1. The number of anilines is 1. The molecule has 0 saturated carbocycles. The lowest BCUT2D eigenvalue weighted by Crippen LogP contribution is -2.57. The summed E-state index contributed by atoms with van der Waals surface area (Å²) in [5, 5.41) is 11.3. The van der Waals surface area contributed by atoms with Gasteiger partial charge in [-0.05, 0) is 13.0 Å². The van der Waals surface area contributed by atoms with Crippen LogP contribution in [0.5, 0.6) is 0 Å². The second-order valence-corrected chi connectivity index (χ2v) is 3.91. The van der Waals surface area contributed by atoms with Crippen molar-refractivity contribution in [1.82, 2.24) is 10.3 Å². The molecular weight excluding hydrogens is 238 g/mol. The van der Waals surface area contributed by atoms with E-state index in [1.165, 1.54) is 23.4 Å². The minimum Gasteiger partial charge on any atom is -0.478 e. The number of aromatic nitrogens is 1. The number of hydrogen-bond donors (Lipinski definition) is 2. The van der Waals surface area contributed by atoms with Crippen LogP contribution < -0.4 is 10.2 Å². The molecule has 7 nitrogen and oxygen atoms in total. The number of aromatic carboxylic acids is 1. The van der Waals surface area contributed by atoms with Crippen molar-refractivity contribution >= 4 is 23.5 Å². The highest BCUT2D eigenvalue weighted by Crippen LogP contribution is 2.23. The Morgan fingerprint density at radius 3 is 2.94 bits per heavy atom. The molecule has 94 valence electrons. The number of carboxylic acids is 1. The van der Waals surface area contributed by atoms with Crippen molar-refractivity contribution in [3.05, 3.63) is 24.0 Å². The van der Waals surface area contributed by atoms with Crippen molar-refractivity contribution in [2.75, 3.05) is 11.4 Å². The number of pyridine rings is 1. The molecule has 2 N–H and O–H groups in total. The summed E-state index contributed by atoms with van der Waals surface area (Å²) in [6.07, 6.45) is 2.62. The van der Waals surface area contributed by atoms with Gasteiger partial charge in [0.1, 0.15) is 11.6 Å². The van der Waals surface area contributed by atoms with Gasteiger partial charge in [-0.15, -0.1) is 0 Å². The first kappa shape index (κ1) is 12.0. The fourth-order valence-electron chi connectivity index (χ4n) is 1.81. The molecule has 1 fully saturated rings. The lowest BCUT2D eigenvalue weighted by Gasteiger charge is -2.34. The summed E-state index contributed by atoms with van der Waals surface area (Å²) in [4.78, 5) is 39.1. The molecule has 2 heterocycles. The molecule has 1 saturated heterocycles. The average molecular weight is 249 g/mol. The zero-order valence-corrected chi connectivity index (χ0v) is 9.58. The van der Waals surface area contributed by atoms with Crippen LogP contribution in [0.3, 0.4) is 0 Å². The van der Waals surface area contributed by atoms with Crippen LogP contribution in [0, 0.1) is 0 Å². The van der Waals surface area contributed by atoms with E-state index < -0.39 is 23.8 Å². The summed E-state index contributed by atoms with van der Waals surface area (Å²) in [7, 11) is 0. The van der Waals surface area contributed by atoms with Crippen molar-refractivity contribution in [2.24, 2.45) is 0 Å². The Kier molecular flexibility index (Phi) is 2.97. The molecule has 1 atom stereocenters. The molecule has 1 aliphatic heterocycles. The lowest BCUT2D eigenvalue weighted by atomic mass is 10.1. The second kappa shape index (κ2) is 4.44. The number of imide groups is 1. The largest absolute Gasteiger partial charge is 0.478 e. The van der Waals surface area contributed by atoms with E-state index in [2.05, 4.69) is 10.3 Å². The van der Waals surface area contributed by atoms with Crippen LogP contribution in [0.25, 0.3) is 0 Å². The summed E-state index contributed by atoms with van der Waals surface area (Å²) in [5.74, 6) is -2.05. The third-order valence-electron chi connectivity index (χ3n) is 2.76. The van der Waals surface area contributed by atoms with Crippen molar-refractivity contribution in [3.63, 3.8) is 0 Å². The Bertz CT molecular complexity index is 529. The van der Waals surface area contributed by atoms with E-state index >= 15 is 0 Å². The summed E-state index contributed by atoms with van der Waals surface area (Å²) in [5.41, 5.74) is 0.278. The number of rotatable bonds is 2. The zero-order chi connectivity index (χ0) is 13.3. The highest BCUT2D eigenvalue weighted by Gasteiger charge is 2.32. The molecule has 2 rings (SSSR count). The first-order valence-corrected chi connectivity index (χ1v) is 5.28. The molecule has 0 aromatic carbocycles. The summed E-state index contributed by atoms with van der Waals surface area (Å²) in [6.45, 7) is 1.55. The lowest BCUT2D eigenvalue weighted by molar-refractivity contribution is -0.132. The third kappa shape index (κ3) is 2.02. The molecular formula is C11H11N3O4. The quantitative estimate of drug-likeness (QED) is 0.694. The van der Waals surface area contributed by atoms with Gasteiger partial charge in [0.15, 0.2) is 0 Å². The van der Waals surface area contributed by atoms with Crippen molar-refractivity contribution < 1.29 is 19.5 Å². The SMILES string of the molecule is CC1C(=O)NC(=O)CN1c1ccncc1C(=O)O. The summed E-state index contributed by atoms with van der Waals surface area (Å²) in [6, 6.07) is 0.870. The van der Waals surface area contributed by atoms with E-state index in [0.717, 1.165) is 0 Å². The van der Waals surface area contributed by atoms with Crippen molar-refractivity contribution in [3.8, 4) is 0 Å². The minimum atomic E-state index is -1.15. The molecule has 1 aromatic heterocycles. The average Bonchev–Trinajstić information content (AvgIpc) is 2.33. The first-order valence-electron chi connectivity index (χ1n) is 5.28. The number of hydrogen-bond acceptors (Lipinski definition) is 5. The van der Waals surface area contributed by atoms with Crippen molar-refractivity contribution in [1.29, 1.82) is 0 Å². The monoisotopic (exact) mass is 249 g/mol. The van der Waals surface area contributed by atoms with Gasteiger partial charge in [0.2, 0.25) is 11.8 Å². The zero-order valence-electron chi connectivity index (χ0n) is 9.58. The molecule has 0 spiro atoms. The maximum Gasteiger partial charge on any atom is 0.339 e. The van der Waals surface area contributed by atoms with Gasteiger partial charge in [-0.25, -0.2) is 4.79 Å². The smallest absolute Gasteiger partial charge is 0.339 e. The van der Waals surface area contributed by atoms with Crippen LogP contribution >= 0.6 is 0 Å². The number of carbonyl (C=O) groups is 3. The fourth-order valence-corrected chi connectivity index (χ4v) is 1.81. The first-order chi connectivity index (χ1) is 8.50.